The maximum Gasteiger partial charge on any atom is 0.427 e. The Morgan fingerprint density at radius 2 is 1.92 bits per heavy atom. The van der Waals surface area contributed by atoms with Crippen LogP contribution < -0.4 is 10.6 Å². The van der Waals surface area contributed by atoms with Gasteiger partial charge in [0.25, 0.3) is 0 Å². The Morgan fingerprint density at radius 3 is 2.56 bits per heavy atom. The Balaban J connectivity index is 1.44. The quantitative estimate of drug-likeness (QED) is 0.512. The first kappa shape index (κ1) is 24.2. The summed E-state index contributed by atoms with van der Waals surface area (Å²) in [5.41, 5.74) is 6.96. The number of anilines is 2. The lowest BCUT2D eigenvalue weighted by molar-refractivity contribution is -0.246. The highest BCUT2D eigenvalue weighted by atomic mass is 19.4. The summed E-state index contributed by atoms with van der Waals surface area (Å²) in [6.45, 7) is 4.47. The molecule has 1 aliphatic heterocycles. The predicted octanol–water partition coefficient (Wildman–Crippen LogP) is 4.87. The highest BCUT2D eigenvalue weighted by molar-refractivity contribution is 5.93. The van der Waals surface area contributed by atoms with Crippen molar-refractivity contribution < 1.29 is 22.7 Å². The molecule has 1 unspecified atom stereocenters. The topological polar surface area (TPSA) is 89.5 Å². The smallest absolute Gasteiger partial charge is 0.427 e. The van der Waals surface area contributed by atoms with Crippen molar-refractivity contribution >= 4 is 28.6 Å². The number of halogens is 3. The van der Waals surface area contributed by atoms with Gasteiger partial charge >= 0.3 is 12.3 Å². The third kappa shape index (κ3) is 4.31. The van der Waals surface area contributed by atoms with Gasteiger partial charge in [-0.3, -0.25) is 0 Å². The van der Waals surface area contributed by atoms with Crippen molar-refractivity contribution in [3.05, 3.63) is 42.4 Å². The van der Waals surface area contributed by atoms with E-state index in [1.807, 2.05) is 35.8 Å². The van der Waals surface area contributed by atoms with Crippen molar-refractivity contribution in [3.8, 4) is 5.69 Å². The predicted molar refractivity (Wildman–Crippen MR) is 130 cm³/mol. The van der Waals surface area contributed by atoms with E-state index in [0.717, 1.165) is 49.2 Å². The summed E-state index contributed by atoms with van der Waals surface area (Å²) in [5.74, 6) is 1.19. The number of nitrogen functional groups attached to an aromatic ring is 1. The van der Waals surface area contributed by atoms with E-state index >= 15 is 0 Å². The zero-order valence-electron chi connectivity index (χ0n) is 20.4. The van der Waals surface area contributed by atoms with Crippen molar-refractivity contribution in [3.63, 3.8) is 0 Å². The molecule has 192 valence electrons. The van der Waals surface area contributed by atoms with Crippen LogP contribution in [0.2, 0.25) is 0 Å². The molecule has 2 N–H and O–H groups in total. The molecule has 1 atom stereocenters. The number of alkyl halides is 3. The number of aromatic nitrogens is 3. The molecule has 1 aliphatic carbocycles. The molecule has 2 aliphatic rings. The molecule has 3 aromatic rings. The summed E-state index contributed by atoms with van der Waals surface area (Å²) in [7, 11) is 0. The van der Waals surface area contributed by atoms with Gasteiger partial charge in [0.15, 0.2) is 0 Å². The second-order valence-corrected chi connectivity index (χ2v) is 10.1. The number of carbonyl (C=O) groups is 1. The van der Waals surface area contributed by atoms with E-state index in [1.165, 1.54) is 16.8 Å². The van der Waals surface area contributed by atoms with E-state index in [2.05, 4.69) is 21.1 Å². The minimum Gasteiger partial charge on any atom is -0.434 e. The number of amides is 1. The van der Waals surface area contributed by atoms with Crippen LogP contribution in [0.3, 0.4) is 0 Å². The van der Waals surface area contributed by atoms with Gasteiger partial charge in [-0.2, -0.15) is 13.2 Å². The van der Waals surface area contributed by atoms with Crippen LogP contribution in [-0.4, -0.2) is 63.0 Å². The summed E-state index contributed by atoms with van der Waals surface area (Å²) in [6.07, 6.45) is 0.188. The summed E-state index contributed by atoms with van der Waals surface area (Å²) >= 11 is 0. The fourth-order valence-corrected chi connectivity index (χ4v) is 4.64. The molecule has 2 fully saturated rings. The zero-order chi connectivity index (χ0) is 25.8. The van der Waals surface area contributed by atoms with Crippen LogP contribution in [-0.2, 0) is 4.74 Å². The number of hydrogen-bond acceptors (Lipinski definition) is 6. The molecule has 5 rings (SSSR count). The third-order valence-corrected chi connectivity index (χ3v) is 6.94. The van der Waals surface area contributed by atoms with Crippen molar-refractivity contribution in [1.29, 1.82) is 0 Å². The average Bonchev–Trinajstić information content (AvgIpc) is 3.57. The van der Waals surface area contributed by atoms with E-state index in [9.17, 15) is 18.0 Å². The average molecular weight is 503 g/mol. The van der Waals surface area contributed by atoms with Crippen molar-refractivity contribution in [1.82, 2.24) is 19.4 Å². The molecule has 8 nitrogen and oxygen atoms in total. The SMILES string of the molecule is CC1CN(C(=O)OC(C)(C)C(F)(F)F)CCN1c1ncnc2c1c(C1CC1)cn2-c1cccc(N)c1. The lowest BCUT2D eigenvalue weighted by Gasteiger charge is -2.41. The molecule has 36 heavy (non-hydrogen) atoms. The monoisotopic (exact) mass is 502 g/mol. The van der Waals surface area contributed by atoms with E-state index in [-0.39, 0.29) is 19.1 Å². The van der Waals surface area contributed by atoms with Gasteiger partial charge in [0.2, 0.25) is 5.60 Å². The summed E-state index contributed by atoms with van der Waals surface area (Å²) in [5, 5.41) is 0.962. The standard InChI is InChI=1S/C25H29F3N6O2/c1-15-12-32(23(35)36-24(2,3)25(26,27)28)9-10-33(15)21-20-19(16-7-8-16)13-34(22(20)31-14-30-21)18-6-4-5-17(29)11-18/h4-6,11,13-16H,7-10,12,29H2,1-3H3. The molecular weight excluding hydrogens is 473 g/mol. The fourth-order valence-electron chi connectivity index (χ4n) is 4.64. The zero-order valence-corrected chi connectivity index (χ0v) is 20.4. The Hall–Kier alpha value is -3.50. The van der Waals surface area contributed by atoms with Crippen molar-refractivity contribution in [2.45, 2.75) is 57.3 Å². The molecule has 0 radical (unpaired) electrons. The lowest BCUT2D eigenvalue weighted by atomic mass is 10.1. The first-order chi connectivity index (χ1) is 17.0. The first-order valence-corrected chi connectivity index (χ1v) is 12.0. The first-order valence-electron chi connectivity index (χ1n) is 12.0. The van der Waals surface area contributed by atoms with Crippen LogP contribution >= 0.6 is 0 Å². The number of fused-ring (bicyclic) bond motifs is 1. The van der Waals surface area contributed by atoms with Gasteiger partial charge in [0.1, 0.15) is 17.8 Å². The number of hydrogen-bond donors (Lipinski definition) is 1. The lowest BCUT2D eigenvalue weighted by Crippen LogP contribution is -2.56. The fraction of sp³-hybridized carbons (Fsp3) is 0.480. The number of rotatable bonds is 4. The van der Waals surface area contributed by atoms with Gasteiger partial charge in [0.05, 0.1) is 5.39 Å². The summed E-state index contributed by atoms with van der Waals surface area (Å²) < 4.78 is 46.4. The van der Waals surface area contributed by atoms with Crippen LogP contribution in [0, 0.1) is 0 Å². The molecule has 2 aromatic heterocycles. The van der Waals surface area contributed by atoms with Gasteiger partial charge in [-0.15, -0.1) is 0 Å². The molecule has 1 amide bonds. The number of carbonyl (C=O) groups excluding carboxylic acids is 1. The number of benzene rings is 1. The van der Waals surface area contributed by atoms with Gasteiger partial charge in [0, 0.05) is 43.2 Å². The van der Waals surface area contributed by atoms with Crippen LogP contribution in [0.5, 0.6) is 0 Å². The minimum atomic E-state index is -4.65. The van der Waals surface area contributed by atoms with Crippen molar-refractivity contribution in [2.24, 2.45) is 0 Å². The minimum absolute atomic E-state index is 0.193. The van der Waals surface area contributed by atoms with Gasteiger partial charge in [-0.1, -0.05) is 6.07 Å². The summed E-state index contributed by atoms with van der Waals surface area (Å²) in [4.78, 5) is 25.2. The normalized spacial score (nSPS) is 19.1. The van der Waals surface area contributed by atoms with Gasteiger partial charge in [-0.05, 0) is 63.3 Å². The Labute approximate surface area is 206 Å². The highest BCUT2D eigenvalue weighted by Gasteiger charge is 2.51. The largest absolute Gasteiger partial charge is 0.434 e. The number of ether oxygens (including phenoxy) is 1. The number of piperazine rings is 1. The van der Waals surface area contributed by atoms with Crippen LogP contribution in [0.1, 0.15) is 45.1 Å². The molecular formula is C25H29F3N6O2. The van der Waals surface area contributed by atoms with E-state index in [4.69, 9.17) is 10.5 Å². The molecule has 11 heteroatoms. The maximum absolute atomic E-state index is 13.2. The Bertz CT molecular complexity index is 1300. The molecule has 0 spiro atoms. The van der Waals surface area contributed by atoms with Crippen LogP contribution in [0.25, 0.3) is 16.7 Å². The second-order valence-electron chi connectivity index (χ2n) is 10.1. The number of nitrogens with two attached hydrogens (primary N) is 1. The van der Waals surface area contributed by atoms with E-state index in [1.54, 1.807) is 0 Å². The van der Waals surface area contributed by atoms with E-state index in [0.29, 0.717) is 18.2 Å². The molecule has 1 aromatic carbocycles. The molecule has 0 bridgehead atoms. The molecule has 1 saturated carbocycles. The third-order valence-electron chi connectivity index (χ3n) is 6.94. The summed E-state index contributed by atoms with van der Waals surface area (Å²) in [6, 6.07) is 7.41. The van der Waals surface area contributed by atoms with Crippen LogP contribution in [0.15, 0.2) is 36.8 Å². The molecule has 1 saturated heterocycles. The van der Waals surface area contributed by atoms with E-state index < -0.39 is 17.9 Å². The van der Waals surface area contributed by atoms with Crippen LogP contribution in [0.4, 0.5) is 29.5 Å². The maximum atomic E-state index is 13.2. The van der Waals surface area contributed by atoms with Gasteiger partial charge < -0.3 is 24.8 Å². The Kier molecular flexibility index (Phi) is 5.76. The Morgan fingerprint density at radius 1 is 1.17 bits per heavy atom. The molecule has 3 heterocycles. The van der Waals surface area contributed by atoms with Crippen molar-refractivity contribution in [2.75, 3.05) is 30.3 Å². The van der Waals surface area contributed by atoms with Gasteiger partial charge in [-0.25, -0.2) is 14.8 Å². The highest BCUT2D eigenvalue weighted by Crippen LogP contribution is 2.46. The number of nitrogens with zero attached hydrogens (tertiary/aromatic N) is 5. The second kappa shape index (κ2) is 8.56.